The number of benzene rings is 1. The fourth-order valence-electron chi connectivity index (χ4n) is 2.12. The van der Waals surface area contributed by atoms with Gasteiger partial charge in [-0.25, -0.2) is 4.98 Å². The molecule has 8 heteroatoms. The molecule has 0 aliphatic carbocycles. The van der Waals surface area contributed by atoms with Crippen molar-refractivity contribution in [3.8, 4) is 11.4 Å². The lowest BCUT2D eigenvalue weighted by Gasteiger charge is -2.01. The third kappa shape index (κ3) is 4.33. The number of aromatic nitrogens is 4. The number of hydrogen-bond acceptors (Lipinski definition) is 6. The summed E-state index contributed by atoms with van der Waals surface area (Å²) >= 11 is 4.79. The van der Waals surface area contributed by atoms with E-state index in [-0.39, 0.29) is 5.56 Å². The summed E-state index contributed by atoms with van der Waals surface area (Å²) in [5, 5.41) is 4.55. The van der Waals surface area contributed by atoms with E-state index >= 15 is 0 Å². The highest BCUT2D eigenvalue weighted by atomic mass is 79.9. The van der Waals surface area contributed by atoms with Crippen LogP contribution in [0.5, 0.6) is 0 Å². The molecule has 0 bridgehead atoms. The fourth-order valence-corrected chi connectivity index (χ4v) is 3.26. The van der Waals surface area contributed by atoms with Crippen molar-refractivity contribution in [1.29, 1.82) is 0 Å². The van der Waals surface area contributed by atoms with Gasteiger partial charge in [-0.3, -0.25) is 4.79 Å². The van der Waals surface area contributed by atoms with E-state index in [1.165, 1.54) is 17.8 Å². The molecular formula is C16H15BrN4O2S. The van der Waals surface area contributed by atoms with Crippen LogP contribution in [0.3, 0.4) is 0 Å². The molecule has 0 saturated carbocycles. The second kappa shape index (κ2) is 7.76. The molecule has 124 valence electrons. The zero-order valence-electron chi connectivity index (χ0n) is 13.0. The monoisotopic (exact) mass is 406 g/mol. The Balaban J connectivity index is 1.71. The van der Waals surface area contributed by atoms with Gasteiger partial charge in [0.25, 0.3) is 5.56 Å². The molecule has 0 amide bonds. The first-order valence-electron chi connectivity index (χ1n) is 7.45. The van der Waals surface area contributed by atoms with Gasteiger partial charge >= 0.3 is 0 Å². The van der Waals surface area contributed by atoms with E-state index < -0.39 is 0 Å². The van der Waals surface area contributed by atoms with Crippen molar-refractivity contribution in [1.82, 2.24) is 20.1 Å². The summed E-state index contributed by atoms with van der Waals surface area (Å²) in [5.74, 6) is 1.46. The van der Waals surface area contributed by atoms with Crippen LogP contribution >= 0.6 is 27.7 Å². The molecule has 0 radical (unpaired) electrons. The Hall–Kier alpha value is -1.93. The number of nitrogens with zero attached hydrogens (tertiary/aromatic N) is 3. The molecule has 0 atom stereocenters. The van der Waals surface area contributed by atoms with Gasteiger partial charge in [-0.15, -0.1) is 0 Å². The van der Waals surface area contributed by atoms with E-state index in [0.717, 1.165) is 28.6 Å². The summed E-state index contributed by atoms with van der Waals surface area (Å²) in [5.41, 5.74) is 1.53. The molecule has 2 aromatic heterocycles. The summed E-state index contributed by atoms with van der Waals surface area (Å²) in [4.78, 5) is 23.2. The largest absolute Gasteiger partial charge is 0.338 e. The Morgan fingerprint density at radius 3 is 2.96 bits per heavy atom. The normalized spacial score (nSPS) is 10.9. The first-order chi connectivity index (χ1) is 11.6. The van der Waals surface area contributed by atoms with Gasteiger partial charge in [0.2, 0.25) is 11.7 Å². The summed E-state index contributed by atoms with van der Waals surface area (Å²) in [6.07, 6.45) is 1.73. The molecule has 6 nitrogen and oxygen atoms in total. The van der Waals surface area contributed by atoms with E-state index in [4.69, 9.17) is 4.52 Å². The SMILES string of the molecule is CCCc1cc(=O)[nH]c(SCc2nc(-c3cccc(Br)c3)no2)n1. The van der Waals surface area contributed by atoms with Crippen LogP contribution in [0.25, 0.3) is 11.4 Å². The lowest BCUT2D eigenvalue weighted by molar-refractivity contribution is 0.391. The first kappa shape index (κ1) is 16.9. The van der Waals surface area contributed by atoms with Crippen LogP contribution in [0.1, 0.15) is 24.9 Å². The highest BCUT2D eigenvalue weighted by molar-refractivity contribution is 9.10. The van der Waals surface area contributed by atoms with E-state index in [1.807, 2.05) is 24.3 Å². The number of nitrogens with one attached hydrogen (secondary N) is 1. The molecule has 0 aliphatic heterocycles. The first-order valence-corrected chi connectivity index (χ1v) is 9.23. The minimum Gasteiger partial charge on any atom is -0.338 e. The number of rotatable bonds is 6. The lowest BCUT2D eigenvalue weighted by atomic mass is 10.2. The van der Waals surface area contributed by atoms with Crippen molar-refractivity contribution in [3.63, 3.8) is 0 Å². The Labute approximate surface area is 151 Å². The summed E-state index contributed by atoms with van der Waals surface area (Å²) in [7, 11) is 0. The predicted molar refractivity (Wildman–Crippen MR) is 95.8 cm³/mol. The summed E-state index contributed by atoms with van der Waals surface area (Å²) < 4.78 is 6.23. The van der Waals surface area contributed by atoms with Crippen LogP contribution in [0.2, 0.25) is 0 Å². The summed E-state index contributed by atoms with van der Waals surface area (Å²) in [6.45, 7) is 2.05. The number of halogens is 1. The zero-order valence-corrected chi connectivity index (χ0v) is 15.4. The van der Waals surface area contributed by atoms with Gasteiger partial charge < -0.3 is 9.51 Å². The maximum Gasteiger partial charge on any atom is 0.251 e. The van der Waals surface area contributed by atoms with E-state index in [2.05, 4.69) is 43.0 Å². The van der Waals surface area contributed by atoms with Crippen molar-refractivity contribution in [3.05, 3.63) is 56.7 Å². The molecule has 0 spiro atoms. The highest BCUT2D eigenvalue weighted by Gasteiger charge is 2.10. The maximum atomic E-state index is 11.7. The van der Waals surface area contributed by atoms with Gasteiger partial charge in [0.05, 0.1) is 5.75 Å². The second-order valence-electron chi connectivity index (χ2n) is 5.10. The Kier molecular flexibility index (Phi) is 5.47. The second-order valence-corrected chi connectivity index (χ2v) is 6.98. The van der Waals surface area contributed by atoms with E-state index in [0.29, 0.717) is 22.6 Å². The van der Waals surface area contributed by atoms with Gasteiger partial charge in [0.15, 0.2) is 5.16 Å². The maximum absolute atomic E-state index is 11.7. The molecule has 0 saturated heterocycles. The van der Waals surface area contributed by atoms with Gasteiger partial charge in [0, 0.05) is 21.8 Å². The molecule has 24 heavy (non-hydrogen) atoms. The number of hydrogen-bond donors (Lipinski definition) is 1. The van der Waals surface area contributed by atoms with Gasteiger partial charge in [0.1, 0.15) is 0 Å². The third-order valence-electron chi connectivity index (χ3n) is 3.16. The molecule has 1 aromatic carbocycles. The Morgan fingerprint density at radius 1 is 1.29 bits per heavy atom. The minimum atomic E-state index is -0.142. The van der Waals surface area contributed by atoms with Crippen LogP contribution in [0.4, 0.5) is 0 Å². The van der Waals surface area contributed by atoms with Crippen LogP contribution in [0, 0.1) is 0 Å². The molecule has 1 N–H and O–H groups in total. The minimum absolute atomic E-state index is 0.142. The number of aromatic amines is 1. The lowest BCUT2D eigenvalue weighted by Crippen LogP contribution is -2.09. The molecular weight excluding hydrogens is 392 g/mol. The predicted octanol–water partition coefficient (Wildman–Crippen LogP) is 3.83. The molecule has 0 unspecified atom stereocenters. The molecule has 3 aromatic rings. The smallest absolute Gasteiger partial charge is 0.251 e. The Morgan fingerprint density at radius 2 is 2.17 bits per heavy atom. The van der Waals surface area contributed by atoms with Crippen LogP contribution < -0.4 is 5.56 Å². The van der Waals surface area contributed by atoms with Crippen molar-refractivity contribution in [2.45, 2.75) is 30.7 Å². The number of thioether (sulfide) groups is 1. The molecule has 2 heterocycles. The van der Waals surface area contributed by atoms with Crippen molar-refractivity contribution < 1.29 is 4.52 Å². The van der Waals surface area contributed by atoms with Crippen molar-refractivity contribution >= 4 is 27.7 Å². The summed E-state index contributed by atoms with van der Waals surface area (Å²) in [6, 6.07) is 9.23. The van der Waals surface area contributed by atoms with E-state index in [1.54, 1.807) is 0 Å². The van der Waals surface area contributed by atoms with Crippen LogP contribution in [0.15, 0.2) is 49.3 Å². The van der Waals surface area contributed by atoms with Gasteiger partial charge in [-0.1, -0.05) is 58.3 Å². The van der Waals surface area contributed by atoms with Crippen molar-refractivity contribution in [2.75, 3.05) is 0 Å². The van der Waals surface area contributed by atoms with Crippen molar-refractivity contribution in [2.24, 2.45) is 0 Å². The number of aryl methyl sites for hydroxylation is 1. The average molecular weight is 407 g/mol. The standard InChI is InChI=1S/C16H15BrN4O2S/c1-2-4-12-8-13(22)19-16(18-12)24-9-14-20-15(21-23-14)10-5-3-6-11(17)7-10/h3,5-8H,2,4,9H2,1H3,(H,18,19,22). The third-order valence-corrected chi connectivity index (χ3v) is 4.51. The van der Waals surface area contributed by atoms with Gasteiger partial charge in [-0.05, 0) is 18.6 Å². The quantitative estimate of drug-likeness (QED) is 0.494. The van der Waals surface area contributed by atoms with Gasteiger partial charge in [-0.2, -0.15) is 4.98 Å². The highest BCUT2D eigenvalue weighted by Crippen LogP contribution is 2.23. The topological polar surface area (TPSA) is 84.7 Å². The average Bonchev–Trinajstić information content (AvgIpc) is 3.02. The number of H-pyrrole nitrogens is 1. The molecule has 3 rings (SSSR count). The molecule has 0 fully saturated rings. The van der Waals surface area contributed by atoms with E-state index in [9.17, 15) is 4.79 Å². The molecule has 0 aliphatic rings. The Bertz CT molecular complexity index is 894. The van der Waals surface area contributed by atoms with Crippen LogP contribution in [-0.2, 0) is 12.2 Å². The van der Waals surface area contributed by atoms with Crippen LogP contribution in [-0.4, -0.2) is 20.1 Å². The zero-order chi connectivity index (χ0) is 16.9. The fraction of sp³-hybridized carbons (Fsp3) is 0.250.